The third-order valence-corrected chi connectivity index (χ3v) is 3.51. The van der Waals surface area contributed by atoms with Gasteiger partial charge in [0.2, 0.25) is 5.95 Å². The smallest absolute Gasteiger partial charge is 0.410 e. The van der Waals surface area contributed by atoms with E-state index in [1.807, 2.05) is 25.7 Å². The molecular formula is C14H20N6O3. The maximum atomic E-state index is 12.0. The Morgan fingerprint density at radius 2 is 1.96 bits per heavy atom. The van der Waals surface area contributed by atoms with Crippen molar-refractivity contribution in [1.29, 1.82) is 0 Å². The standard InChI is InChI=1S/C14H20N6O3/c1-14(2,3)23-13(22)20-6-4-19(5-7-20)12-17-10-9(11(21)18-12)15-8-16-10/h8H,4-7H2,1-3H3,(H2,15,16,17,18,21). The highest BCUT2D eigenvalue weighted by Crippen LogP contribution is 2.15. The highest BCUT2D eigenvalue weighted by Gasteiger charge is 2.26. The Morgan fingerprint density at radius 1 is 1.26 bits per heavy atom. The topological polar surface area (TPSA) is 107 Å². The van der Waals surface area contributed by atoms with E-state index >= 15 is 0 Å². The summed E-state index contributed by atoms with van der Waals surface area (Å²) in [4.78, 5) is 41.4. The van der Waals surface area contributed by atoms with E-state index in [9.17, 15) is 9.59 Å². The van der Waals surface area contributed by atoms with Crippen molar-refractivity contribution in [3.05, 3.63) is 16.7 Å². The molecule has 1 fully saturated rings. The molecule has 1 amide bonds. The minimum atomic E-state index is -0.507. The van der Waals surface area contributed by atoms with E-state index in [0.717, 1.165) is 0 Å². The van der Waals surface area contributed by atoms with Crippen LogP contribution in [0.2, 0.25) is 0 Å². The summed E-state index contributed by atoms with van der Waals surface area (Å²) in [5.74, 6) is 0.482. The number of imidazole rings is 1. The lowest BCUT2D eigenvalue weighted by Crippen LogP contribution is -2.50. The number of amides is 1. The van der Waals surface area contributed by atoms with Crippen molar-refractivity contribution < 1.29 is 9.53 Å². The Balaban J connectivity index is 1.68. The summed E-state index contributed by atoms with van der Waals surface area (Å²) < 4.78 is 5.37. The van der Waals surface area contributed by atoms with Gasteiger partial charge in [-0.2, -0.15) is 4.98 Å². The van der Waals surface area contributed by atoms with Crippen molar-refractivity contribution in [3.63, 3.8) is 0 Å². The van der Waals surface area contributed by atoms with Crippen LogP contribution in [-0.2, 0) is 4.74 Å². The van der Waals surface area contributed by atoms with Crippen molar-refractivity contribution in [1.82, 2.24) is 24.8 Å². The van der Waals surface area contributed by atoms with Crippen molar-refractivity contribution in [2.45, 2.75) is 26.4 Å². The molecule has 0 aliphatic carbocycles. The highest BCUT2D eigenvalue weighted by atomic mass is 16.6. The normalized spacial score (nSPS) is 16.0. The second-order valence-corrected chi connectivity index (χ2v) is 6.44. The molecule has 1 aliphatic rings. The minimum Gasteiger partial charge on any atom is -0.444 e. The Hall–Kier alpha value is -2.58. The van der Waals surface area contributed by atoms with Gasteiger partial charge in [-0.3, -0.25) is 9.78 Å². The summed E-state index contributed by atoms with van der Waals surface area (Å²) in [6.45, 7) is 7.70. The Labute approximate surface area is 132 Å². The first kappa shape index (κ1) is 15.3. The number of fused-ring (bicyclic) bond motifs is 1. The van der Waals surface area contributed by atoms with Crippen LogP contribution in [0, 0.1) is 0 Å². The summed E-state index contributed by atoms with van der Waals surface area (Å²) in [6.07, 6.45) is 1.12. The summed E-state index contributed by atoms with van der Waals surface area (Å²) in [6, 6.07) is 0. The van der Waals surface area contributed by atoms with Gasteiger partial charge in [0.1, 0.15) is 5.60 Å². The fourth-order valence-corrected chi connectivity index (χ4v) is 2.41. The molecule has 3 rings (SSSR count). The van der Waals surface area contributed by atoms with Crippen LogP contribution < -0.4 is 10.5 Å². The number of aromatic amines is 2. The van der Waals surface area contributed by atoms with Crippen LogP contribution in [0.3, 0.4) is 0 Å². The number of nitrogens with one attached hydrogen (secondary N) is 2. The molecule has 0 aromatic carbocycles. The van der Waals surface area contributed by atoms with Crippen LogP contribution in [-0.4, -0.2) is 62.7 Å². The van der Waals surface area contributed by atoms with Gasteiger partial charge >= 0.3 is 6.09 Å². The molecule has 0 atom stereocenters. The van der Waals surface area contributed by atoms with Gasteiger partial charge < -0.3 is 19.5 Å². The Morgan fingerprint density at radius 3 is 2.61 bits per heavy atom. The van der Waals surface area contributed by atoms with Crippen LogP contribution in [0.15, 0.2) is 11.1 Å². The largest absolute Gasteiger partial charge is 0.444 e. The molecule has 0 bridgehead atoms. The second-order valence-electron chi connectivity index (χ2n) is 6.44. The molecule has 124 valence electrons. The van der Waals surface area contributed by atoms with E-state index in [2.05, 4.69) is 19.9 Å². The van der Waals surface area contributed by atoms with Gasteiger partial charge in [-0.25, -0.2) is 9.78 Å². The molecule has 9 heteroatoms. The van der Waals surface area contributed by atoms with Crippen molar-refractivity contribution >= 4 is 23.2 Å². The zero-order chi connectivity index (χ0) is 16.6. The van der Waals surface area contributed by atoms with Crippen LogP contribution in [0.4, 0.5) is 10.7 Å². The first-order valence-electron chi connectivity index (χ1n) is 7.50. The summed E-state index contributed by atoms with van der Waals surface area (Å²) in [7, 11) is 0. The molecule has 2 N–H and O–H groups in total. The molecular weight excluding hydrogens is 300 g/mol. The second kappa shape index (κ2) is 5.56. The molecule has 1 saturated heterocycles. The number of H-pyrrole nitrogens is 2. The summed E-state index contributed by atoms with van der Waals surface area (Å²) in [5.41, 5.74) is -0.0348. The van der Waals surface area contributed by atoms with Crippen molar-refractivity contribution in [3.8, 4) is 0 Å². The van der Waals surface area contributed by atoms with E-state index < -0.39 is 5.60 Å². The van der Waals surface area contributed by atoms with Crippen LogP contribution in [0.5, 0.6) is 0 Å². The number of nitrogens with zero attached hydrogens (tertiary/aromatic N) is 4. The quantitative estimate of drug-likeness (QED) is 0.801. The molecule has 0 saturated carbocycles. The summed E-state index contributed by atoms with van der Waals surface area (Å²) >= 11 is 0. The number of ether oxygens (including phenoxy) is 1. The van der Waals surface area contributed by atoms with E-state index in [-0.39, 0.29) is 11.7 Å². The number of carbonyl (C=O) groups is 1. The first-order chi connectivity index (χ1) is 10.8. The van der Waals surface area contributed by atoms with E-state index in [1.54, 1.807) is 4.90 Å². The van der Waals surface area contributed by atoms with Gasteiger partial charge in [0.05, 0.1) is 6.33 Å². The predicted molar refractivity (Wildman–Crippen MR) is 84.5 cm³/mol. The molecule has 2 aromatic rings. The highest BCUT2D eigenvalue weighted by molar-refractivity contribution is 5.70. The number of piperazine rings is 1. The zero-order valence-electron chi connectivity index (χ0n) is 13.4. The molecule has 0 unspecified atom stereocenters. The average molecular weight is 320 g/mol. The van der Waals surface area contributed by atoms with Gasteiger partial charge in [-0.05, 0) is 20.8 Å². The minimum absolute atomic E-state index is 0.277. The number of aromatic nitrogens is 4. The fraction of sp³-hybridized carbons (Fsp3) is 0.571. The molecule has 0 spiro atoms. The third kappa shape index (κ3) is 3.27. The Kier molecular flexibility index (Phi) is 3.70. The molecule has 23 heavy (non-hydrogen) atoms. The molecule has 3 heterocycles. The van der Waals surface area contributed by atoms with E-state index in [0.29, 0.717) is 43.3 Å². The van der Waals surface area contributed by atoms with E-state index in [4.69, 9.17) is 4.74 Å². The first-order valence-corrected chi connectivity index (χ1v) is 7.50. The lowest BCUT2D eigenvalue weighted by molar-refractivity contribution is 0.0240. The maximum absolute atomic E-state index is 12.0. The Bertz CT molecular complexity index is 767. The lowest BCUT2D eigenvalue weighted by Gasteiger charge is -2.35. The van der Waals surface area contributed by atoms with Gasteiger partial charge in [0, 0.05) is 26.2 Å². The van der Waals surface area contributed by atoms with Crippen molar-refractivity contribution in [2.24, 2.45) is 0 Å². The SMILES string of the molecule is CC(C)(C)OC(=O)N1CCN(c2nc3[nH]cnc3c(=O)[nH]2)CC1. The average Bonchev–Trinajstić information content (AvgIpc) is 2.94. The lowest BCUT2D eigenvalue weighted by atomic mass is 10.2. The van der Waals surface area contributed by atoms with Gasteiger partial charge in [0.25, 0.3) is 5.56 Å². The molecule has 0 radical (unpaired) electrons. The third-order valence-electron chi connectivity index (χ3n) is 3.51. The maximum Gasteiger partial charge on any atom is 0.410 e. The number of carbonyl (C=O) groups excluding carboxylic acids is 1. The predicted octanol–water partition coefficient (Wildman–Crippen LogP) is 0.703. The van der Waals surface area contributed by atoms with Crippen LogP contribution in [0.25, 0.3) is 11.2 Å². The molecule has 9 nitrogen and oxygen atoms in total. The van der Waals surface area contributed by atoms with Crippen LogP contribution in [0.1, 0.15) is 20.8 Å². The van der Waals surface area contributed by atoms with E-state index in [1.165, 1.54) is 6.33 Å². The number of anilines is 1. The van der Waals surface area contributed by atoms with Gasteiger partial charge in [0.15, 0.2) is 11.2 Å². The number of rotatable bonds is 1. The van der Waals surface area contributed by atoms with Crippen LogP contribution >= 0.6 is 0 Å². The van der Waals surface area contributed by atoms with Gasteiger partial charge in [-0.1, -0.05) is 0 Å². The van der Waals surface area contributed by atoms with Gasteiger partial charge in [-0.15, -0.1) is 0 Å². The molecule has 2 aromatic heterocycles. The van der Waals surface area contributed by atoms with Crippen molar-refractivity contribution in [2.75, 3.05) is 31.1 Å². The number of hydrogen-bond acceptors (Lipinski definition) is 6. The summed E-state index contributed by atoms with van der Waals surface area (Å²) in [5, 5.41) is 0. The monoisotopic (exact) mass is 320 g/mol. The molecule has 1 aliphatic heterocycles. The number of hydrogen-bond donors (Lipinski definition) is 2. The zero-order valence-corrected chi connectivity index (χ0v) is 13.4. The fourth-order valence-electron chi connectivity index (χ4n) is 2.41.